The van der Waals surface area contributed by atoms with Crippen LogP contribution in [-0.2, 0) is 35.2 Å². The number of nitrogens with two attached hydrogens (primary N) is 2. The molecule has 0 aliphatic carbocycles. The Hall–Kier alpha value is -3.70. The topological polar surface area (TPSA) is 264 Å². The largest absolute Gasteiger partial charge is 0.480 e. The van der Waals surface area contributed by atoms with Crippen molar-refractivity contribution >= 4 is 47.3 Å². The van der Waals surface area contributed by atoms with Crippen LogP contribution in [0.4, 0.5) is 0 Å². The molecule has 0 fully saturated rings. The fourth-order valence-corrected chi connectivity index (χ4v) is 3.85. The molecule has 0 aromatic carbocycles. The van der Waals surface area contributed by atoms with Gasteiger partial charge in [-0.05, 0) is 44.2 Å². The second kappa shape index (κ2) is 19.4. The molecule has 0 radical (unpaired) electrons. The van der Waals surface area contributed by atoms with Crippen molar-refractivity contribution in [1.29, 1.82) is 0 Å². The number of nitrogens with one attached hydrogen (secondary N) is 6. The first kappa shape index (κ1) is 34.3. The number of hydrogen-bond acceptors (Lipinski definition) is 10. The Morgan fingerprint density at radius 3 is 2.20 bits per heavy atom. The molecule has 0 spiro atoms. The number of H-pyrrole nitrogens is 1. The standard InChI is InChI=1S/C23H39N9O7S/c1-40-7-5-15(32-22(37)17(31-18(33)9-25)8-14-10-26-13-29-14)21(36)28-11-19(34)27-12-20(35)30-16(23(38)39)4-2-3-6-24/h10,13,15-17H,2-9,11-12,24-25H2,1H3,(H,26,29)(H,27,34)(H,28,36)(H,30,35)(H,31,33)(H,32,37)(H,38,39)/t15-,16-,17-/m0/s1. The Morgan fingerprint density at radius 1 is 0.900 bits per heavy atom. The molecule has 224 valence electrons. The number of nitrogens with zero attached hydrogens (tertiary/aromatic N) is 1. The number of thioether (sulfide) groups is 1. The number of hydrogen-bond donors (Lipinski definition) is 9. The van der Waals surface area contributed by atoms with Gasteiger partial charge in [0.15, 0.2) is 0 Å². The van der Waals surface area contributed by atoms with E-state index in [9.17, 15) is 33.9 Å². The van der Waals surface area contributed by atoms with E-state index in [1.54, 1.807) is 0 Å². The summed E-state index contributed by atoms with van der Waals surface area (Å²) in [5, 5.41) is 21.4. The van der Waals surface area contributed by atoms with Gasteiger partial charge in [-0.2, -0.15) is 11.8 Å². The minimum absolute atomic E-state index is 0.0780. The van der Waals surface area contributed by atoms with Crippen LogP contribution in [0.25, 0.3) is 0 Å². The van der Waals surface area contributed by atoms with E-state index in [1.807, 2.05) is 6.26 Å². The highest BCUT2D eigenvalue weighted by atomic mass is 32.2. The molecule has 0 saturated heterocycles. The summed E-state index contributed by atoms with van der Waals surface area (Å²) in [6.07, 6.45) is 6.39. The number of unbranched alkanes of at least 4 members (excludes halogenated alkanes) is 1. The predicted octanol–water partition coefficient (Wildman–Crippen LogP) is -3.44. The average Bonchev–Trinajstić information content (AvgIpc) is 3.44. The summed E-state index contributed by atoms with van der Waals surface area (Å²) in [5.74, 6) is -3.90. The van der Waals surface area contributed by atoms with Crippen LogP contribution in [0, 0.1) is 0 Å². The Labute approximate surface area is 235 Å². The normalized spacial score (nSPS) is 12.9. The SMILES string of the molecule is CSCC[C@H](NC(=O)[C@H](Cc1cnc[nH]1)NC(=O)CN)C(=O)NCC(=O)NCC(=O)N[C@@H](CCCCN)C(=O)O. The highest BCUT2D eigenvalue weighted by Gasteiger charge is 2.27. The van der Waals surface area contributed by atoms with E-state index >= 15 is 0 Å². The number of rotatable bonds is 20. The zero-order valence-electron chi connectivity index (χ0n) is 22.4. The monoisotopic (exact) mass is 585 g/mol. The molecule has 0 unspecified atom stereocenters. The lowest BCUT2D eigenvalue weighted by atomic mass is 10.1. The first-order valence-electron chi connectivity index (χ1n) is 12.6. The number of aromatic amines is 1. The number of aliphatic carboxylic acids is 1. The van der Waals surface area contributed by atoms with Crippen LogP contribution < -0.4 is 38.1 Å². The molecule has 0 bridgehead atoms. The van der Waals surface area contributed by atoms with Gasteiger partial charge in [-0.25, -0.2) is 9.78 Å². The van der Waals surface area contributed by atoms with Crippen LogP contribution in [0.3, 0.4) is 0 Å². The third kappa shape index (κ3) is 13.9. The Morgan fingerprint density at radius 2 is 1.60 bits per heavy atom. The molecule has 0 saturated carbocycles. The van der Waals surface area contributed by atoms with Gasteiger partial charge in [-0.1, -0.05) is 0 Å². The number of carboxylic acid groups (broad SMARTS) is 1. The molecule has 1 aromatic rings. The van der Waals surface area contributed by atoms with Crippen LogP contribution in [0.1, 0.15) is 31.4 Å². The van der Waals surface area contributed by atoms with Crippen LogP contribution in [0.5, 0.6) is 0 Å². The molecular formula is C23H39N9O7S. The van der Waals surface area contributed by atoms with Crippen LogP contribution >= 0.6 is 11.8 Å². The highest BCUT2D eigenvalue weighted by molar-refractivity contribution is 7.98. The summed E-state index contributed by atoms with van der Waals surface area (Å²) in [6.45, 7) is -0.905. The second-order valence-corrected chi connectivity index (χ2v) is 9.67. The number of imidazole rings is 1. The lowest BCUT2D eigenvalue weighted by Gasteiger charge is -2.22. The van der Waals surface area contributed by atoms with Gasteiger partial charge < -0.3 is 48.1 Å². The van der Waals surface area contributed by atoms with E-state index in [-0.39, 0.29) is 25.8 Å². The maximum absolute atomic E-state index is 13.0. The molecule has 1 heterocycles. The zero-order chi connectivity index (χ0) is 29.9. The summed E-state index contributed by atoms with van der Waals surface area (Å²) in [5.41, 5.74) is 11.3. The van der Waals surface area contributed by atoms with E-state index in [1.165, 1.54) is 24.3 Å². The molecule has 40 heavy (non-hydrogen) atoms. The van der Waals surface area contributed by atoms with Gasteiger partial charge in [-0.3, -0.25) is 24.0 Å². The molecule has 5 amide bonds. The quantitative estimate of drug-likeness (QED) is 0.0680. The molecular weight excluding hydrogens is 546 g/mol. The molecule has 3 atom stereocenters. The van der Waals surface area contributed by atoms with Crippen molar-refractivity contribution in [2.24, 2.45) is 11.5 Å². The van der Waals surface area contributed by atoms with E-state index in [0.717, 1.165) is 0 Å². The molecule has 1 rings (SSSR count). The fraction of sp³-hybridized carbons (Fsp3) is 0.609. The minimum Gasteiger partial charge on any atom is -0.480 e. The summed E-state index contributed by atoms with van der Waals surface area (Å²) in [4.78, 5) is 79.9. The second-order valence-electron chi connectivity index (χ2n) is 8.69. The predicted molar refractivity (Wildman–Crippen MR) is 147 cm³/mol. The molecule has 11 N–H and O–H groups in total. The van der Waals surface area contributed by atoms with Crippen molar-refractivity contribution in [3.63, 3.8) is 0 Å². The van der Waals surface area contributed by atoms with Crippen molar-refractivity contribution in [2.45, 2.75) is 50.2 Å². The number of carboxylic acids is 1. The Kier molecular flexibility index (Phi) is 16.6. The lowest BCUT2D eigenvalue weighted by molar-refractivity contribution is -0.142. The average molecular weight is 586 g/mol. The van der Waals surface area contributed by atoms with Gasteiger partial charge in [0.05, 0.1) is 26.0 Å². The summed E-state index contributed by atoms with van der Waals surface area (Å²) in [7, 11) is 0. The van der Waals surface area contributed by atoms with E-state index in [2.05, 4.69) is 36.6 Å². The first-order chi connectivity index (χ1) is 19.1. The van der Waals surface area contributed by atoms with Crippen molar-refractivity contribution in [2.75, 3.05) is 38.2 Å². The van der Waals surface area contributed by atoms with Gasteiger partial charge in [0.2, 0.25) is 29.5 Å². The molecule has 1 aromatic heterocycles. The van der Waals surface area contributed by atoms with E-state index in [0.29, 0.717) is 30.8 Å². The maximum Gasteiger partial charge on any atom is 0.326 e. The maximum atomic E-state index is 13.0. The fourth-order valence-electron chi connectivity index (χ4n) is 3.38. The number of carbonyl (C=O) groups is 6. The van der Waals surface area contributed by atoms with Gasteiger partial charge >= 0.3 is 5.97 Å². The zero-order valence-corrected chi connectivity index (χ0v) is 23.2. The molecule has 0 aliphatic rings. The number of aromatic nitrogens is 2. The molecule has 16 nitrogen and oxygen atoms in total. The summed E-state index contributed by atoms with van der Waals surface area (Å²) in [6, 6.07) is -3.16. The molecule has 0 aliphatic heterocycles. The van der Waals surface area contributed by atoms with Crippen molar-refractivity contribution in [3.05, 3.63) is 18.2 Å². The van der Waals surface area contributed by atoms with Crippen molar-refractivity contribution in [3.8, 4) is 0 Å². The lowest BCUT2D eigenvalue weighted by Crippen LogP contribution is -2.56. The third-order valence-electron chi connectivity index (χ3n) is 5.51. The minimum atomic E-state index is -1.20. The van der Waals surface area contributed by atoms with Crippen LogP contribution in [-0.4, -0.2) is 107 Å². The van der Waals surface area contributed by atoms with E-state index in [4.69, 9.17) is 11.5 Å². The van der Waals surface area contributed by atoms with E-state index < -0.39 is 66.7 Å². The smallest absolute Gasteiger partial charge is 0.326 e. The third-order valence-corrected chi connectivity index (χ3v) is 6.15. The summed E-state index contributed by atoms with van der Waals surface area (Å²) >= 11 is 1.45. The van der Waals surface area contributed by atoms with Crippen LogP contribution in [0.15, 0.2) is 12.5 Å². The number of carbonyl (C=O) groups excluding carboxylic acids is 5. The first-order valence-corrected chi connectivity index (χ1v) is 14.0. The van der Waals surface area contributed by atoms with Gasteiger partial charge in [0, 0.05) is 18.3 Å². The molecule has 17 heteroatoms. The van der Waals surface area contributed by atoms with Gasteiger partial charge in [0.25, 0.3) is 0 Å². The van der Waals surface area contributed by atoms with Crippen LogP contribution in [0.2, 0.25) is 0 Å². The van der Waals surface area contributed by atoms with Gasteiger partial charge in [-0.15, -0.1) is 0 Å². The summed E-state index contributed by atoms with van der Waals surface area (Å²) < 4.78 is 0. The van der Waals surface area contributed by atoms with Crippen molar-refractivity contribution < 1.29 is 33.9 Å². The van der Waals surface area contributed by atoms with Gasteiger partial charge in [0.1, 0.15) is 18.1 Å². The Bertz CT molecular complexity index is 978. The number of amides is 5. The van der Waals surface area contributed by atoms with Crippen molar-refractivity contribution in [1.82, 2.24) is 36.6 Å². The highest BCUT2D eigenvalue weighted by Crippen LogP contribution is 2.04. The Balaban J connectivity index is 2.65.